The molecule has 0 bridgehead atoms. The summed E-state index contributed by atoms with van der Waals surface area (Å²) in [5.41, 5.74) is 0.464. The van der Waals surface area contributed by atoms with Crippen molar-refractivity contribution in [3.63, 3.8) is 0 Å². The van der Waals surface area contributed by atoms with E-state index in [1.54, 1.807) is 24.3 Å². The molecule has 0 aromatic heterocycles. The van der Waals surface area contributed by atoms with Gasteiger partial charge in [-0.2, -0.15) is 0 Å². The van der Waals surface area contributed by atoms with Gasteiger partial charge in [-0.25, -0.2) is 0 Å². The van der Waals surface area contributed by atoms with Crippen LogP contribution in [0.3, 0.4) is 0 Å². The quantitative estimate of drug-likeness (QED) is 0.796. The minimum Gasteiger partial charge on any atom is -0.348 e. The van der Waals surface area contributed by atoms with Crippen LogP contribution in [-0.2, 0) is 4.79 Å². The number of carbonyl (C=O) groups excluding carboxylic acids is 2. The van der Waals surface area contributed by atoms with Crippen LogP contribution in [0.15, 0.2) is 24.3 Å². The second kappa shape index (κ2) is 10.4. The topological polar surface area (TPSA) is 46.2 Å². The molecule has 0 aliphatic heterocycles. The first kappa shape index (κ1) is 19.7. The molecule has 1 N–H and O–H groups in total. The highest BCUT2D eigenvalue weighted by Crippen LogP contribution is 2.28. The number of rotatable bonds is 4. The number of nitrogens with one attached hydrogen (secondary N) is 1. The number of amides is 1. The van der Waals surface area contributed by atoms with Crippen LogP contribution in [0.4, 0.5) is 0 Å². The fraction of sp³-hybridized carbons (Fsp3) is 0.579. The van der Waals surface area contributed by atoms with Gasteiger partial charge >= 0.3 is 0 Å². The van der Waals surface area contributed by atoms with Crippen molar-refractivity contribution in [3.05, 3.63) is 34.9 Å². The molecule has 2 unspecified atom stereocenters. The zero-order chi connectivity index (χ0) is 17.2. The molecule has 3 nitrogen and oxygen atoms in total. The average molecular weight is 338 g/mol. The number of hydrogen-bond acceptors (Lipinski definition) is 2. The lowest BCUT2D eigenvalue weighted by atomic mass is 9.82. The van der Waals surface area contributed by atoms with Gasteiger partial charge in [0, 0.05) is 11.5 Å². The summed E-state index contributed by atoms with van der Waals surface area (Å²) in [5, 5.41) is 3.18. The maximum Gasteiger partial charge on any atom is 0.223 e. The average Bonchev–Trinajstić information content (AvgIpc) is 2.53. The van der Waals surface area contributed by atoms with Gasteiger partial charge in [0.2, 0.25) is 5.91 Å². The summed E-state index contributed by atoms with van der Waals surface area (Å²) in [4.78, 5) is 24.1. The first-order valence-corrected chi connectivity index (χ1v) is 8.92. The predicted molar refractivity (Wildman–Crippen MR) is 95.9 cm³/mol. The molecular weight excluding hydrogens is 310 g/mol. The standard InChI is InChI=1S/C16H20ClNO2.C3H8/c1-11-5-4-6-12(9-11)16(20)18-10-15(19)13-7-2-3-8-14(13)17;1-3-2/h2-3,7-8,11-12H,4-6,9-10H2,1H3,(H,18,20);3H2,1-2H3. The first-order valence-electron chi connectivity index (χ1n) is 8.54. The van der Waals surface area contributed by atoms with E-state index in [4.69, 9.17) is 11.6 Å². The molecule has 1 aromatic carbocycles. The molecule has 128 valence electrons. The fourth-order valence-electron chi connectivity index (χ4n) is 2.77. The van der Waals surface area contributed by atoms with E-state index in [2.05, 4.69) is 26.1 Å². The third-order valence-corrected chi connectivity index (χ3v) is 4.23. The Balaban J connectivity index is 0.000000816. The molecule has 1 saturated carbocycles. The van der Waals surface area contributed by atoms with Crippen LogP contribution < -0.4 is 5.32 Å². The molecule has 0 saturated heterocycles. The van der Waals surface area contributed by atoms with Crippen molar-refractivity contribution in [3.8, 4) is 0 Å². The molecular formula is C19H28ClNO2. The minimum absolute atomic E-state index is 0.00282. The predicted octanol–water partition coefficient (Wildman–Crippen LogP) is 4.88. The minimum atomic E-state index is -0.146. The number of benzene rings is 1. The number of hydrogen-bond donors (Lipinski definition) is 1. The lowest BCUT2D eigenvalue weighted by molar-refractivity contribution is -0.126. The van der Waals surface area contributed by atoms with E-state index in [0.717, 1.165) is 19.3 Å². The lowest BCUT2D eigenvalue weighted by Gasteiger charge is -2.25. The summed E-state index contributed by atoms with van der Waals surface area (Å²) in [6.45, 7) is 6.45. The Morgan fingerprint density at radius 1 is 1.22 bits per heavy atom. The smallest absolute Gasteiger partial charge is 0.223 e. The second-order valence-electron chi connectivity index (χ2n) is 6.30. The summed E-state index contributed by atoms with van der Waals surface area (Å²) in [6.07, 6.45) is 5.39. The van der Waals surface area contributed by atoms with E-state index in [0.29, 0.717) is 16.5 Å². The summed E-state index contributed by atoms with van der Waals surface area (Å²) in [7, 11) is 0. The van der Waals surface area contributed by atoms with Gasteiger partial charge in [-0.1, -0.05) is 63.8 Å². The monoisotopic (exact) mass is 337 g/mol. The maximum absolute atomic E-state index is 12.1. The Bertz CT molecular complexity index is 516. The normalized spacial score (nSPS) is 20.2. The van der Waals surface area contributed by atoms with Gasteiger partial charge in [-0.3, -0.25) is 9.59 Å². The van der Waals surface area contributed by atoms with Gasteiger partial charge in [0.1, 0.15) is 0 Å². The Labute approximate surface area is 144 Å². The molecule has 1 aliphatic rings. The van der Waals surface area contributed by atoms with Crippen LogP contribution >= 0.6 is 11.6 Å². The molecule has 1 fully saturated rings. The third-order valence-electron chi connectivity index (χ3n) is 3.90. The molecule has 2 rings (SSSR count). The summed E-state index contributed by atoms with van der Waals surface area (Å²) in [6, 6.07) is 6.91. The lowest BCUT2D eigenvalue weighted by Crippen LogP contribution is -2.36. The molecule has 1 amide bonds. The Morgan fingerprint density at radius 3 is 2.48 bits per heavy atom. The van der Waals surface area contributed by atoms with Crippen LogP contribution in [0.25, 0.3) is 0 Å². The summed E-state index contributed by atoms with van der Waals surface area (Å²) >= 11 is 5.97. The van der Waals surface area contributed by atoms with Crippen molar-refractivity contribution < 1.29 is 9.59 Å². The maximum atomic E-state index is 12.1. The van der Waals surface area contributed by atoms with Crippen molar-refractivity contribution in [2.75, 3.05) is 6.54 Å². The molecule has 23 heavy (non-hydrogen) atoms. The molecule has 4 heteroatoms. The Morgan fingerprint density at radius 2 is 1.87 bits per heavy atom. The highest BCUT2D eigenvalue weighted by atomic mass is 35.5. The highest BCUT2D eigenvalue weighted by molar-refractivity contribution is 6.34. The van der Waals surface area contributed by atoms with E-state index in [-0.39, 0.29) is 24.2 Å². The zero-order valence-corrected chi connectivity index (χ0v) is 15.2. The van der Waals surface area contributed by atoms with Gasteiger partial charge in [-0.15, -0.1) is 0 Å². The number of Topliss-reactive ketones (excluding diaryl/α,β-unsaturated/α-hetero) is 1. The highest BCUT2D eigenvalue weighted by Gasteiger charge is 2.25. The molecule has 0 spiro atoms. The largest absolute Gasteiger partial charge is 0.348 e. The number of ketones is 1. The van der Waals surface area contributed by atoms with E-state index >= 15 is 0 Å². The number of halogens is 1. The molecule has 2 atom stereocenters. The van der Waals surface area contributed by atoms with E-state index in [1.165, 1.54) is 12.8 Å². The molecule has 1 aromatic rings. The van der Waals surface area contributed by atoms with Crippen molar-refractivity contribution in [1.29, 1.82) is 0 Å². The van der Waals surface area contributed by atoms with Gasteiger partial charge < -0.3 is 5.32 Å². The van der Waals surface area contributed by atoms with E-state index in [9.17, 15) is 9.59 Å². The van der Waals surface area contributed by atoms with Crippen molar-refractivity contribution in [2.24, 2.45) is 11.8 Å². The van der Waals surface area contributed by atoms with Crippen molar-refractivity contribution in [2.45, 2.75) is 52.9 Å². The molecule has 1 aliphatic carbocycles. The van der Waals surface area contributed by atoms with E-state index in [1.807, 2.05) is 0 Å². The Kier molecular flexibility index (Phi) is 8.93. The SMILES string of the molecule is CC1CCCC(C(=O)NCC(=O)c2ccccc2Cl)C1.CCC. The van der Waals surface area contributed by atoms with Crippen LogP contribution in [-0.4, -0.2) is 18.2 Å². The summed E-state index contributed by atoms with van der Waals surface area (Å²) < 4.78 is 0. The number of carbonyl (C=O) groups is 2. The van der Waals surface area contributed by atoms with Gasteiger partial charge in [-0.05, 0) is 30.9 Å². The molecule has 0 heterocycles. The van der Waals surface area contributed by atoms with E-state index < -0.39 is 0 Å². The zero-order valence-electron chi connectivity index (χ0n) is 14.4. The third kappa shape index (κ3) is 6.74. The fourth-order valence-corrected chi connectivity index (χ4v) is 3.01. The van der Waals surface area contributed by atoms with Crippen LogP contribution in [0.2, 0.25) is 5.02 Å². The second-order valence-corrected chi connectivity index (χ2v) is 6.70. The van der Waals surface area contributed by atoms with Gasteiger partial charge in [0.05, 0.1) is 11.6 Å². The van der Waals surface area contributed by atoms with Gasteiger partial charge in [0.15, 0.2) is 5.78 Å². The van der Waals surface area contributed by atoms with Crippen molar-refractivity contribution in [1.82, 2.24) is 5.32 Å². The summed E-state index contributed by atoms with van der Waals surface area (Å²) in [5.74, 6) is 0.501. The van der Waals surface area contributed by atoms with Crippen LogP contribution in [0, 0.1) is 11.8 Å². The van der Waals surface area contributed by atoms with Crippen LogP contribution in [0.1, 0.15) is 63.2 Å². The van der Waals surface area contributed by atoms with Crippen molar-refractivity contribution >= 4 is 23.3 Å². The first-order chi connectivity index (χ1) is 11.0. The Hall–Kier alpha value is -1.35. The molecule has 0 radical (unpaired) electrons. The van der Waals surface area contributed by atoms with Crippen LogP contribution in [0.5, 0.6) is 0 Å². The van der Waals surface area contributed by atoms with Gasteiger partial charge in [0.25, 0.3) is 0 Å².